The van der Waals surface area contributed by atoms with E-state index in [1.807, 2.05) is 0 Å². The van der Waals surface area contributed by atoms with Crippen LogP contribution in [0.15, 0.2) is 56.3 Å². The van der Waals surface area contributed by atoms with Gasteiger partial charge in [-0.25, -0.2) is 8.42 Å². The van der Waals surface area contributed by atoms with Gasteiger partial charge in [0.2, 0.25) is 5.91 Å². The third-order valence-corrected chi connectivity index (χ3v) is 6.53. The molecule has 0 atom stereocenters. The second kappa shape index (κ2) is 6.85. The third-order valence-electron chi connectivity index (χ3n) is 3.67. The zero-order chi connectivity index (χ0) is 17.3. The number of sulfonamides is 1. The number of nitrogens with one attached hydrogen (secondary N) is 1. The summed E-state index contributed by atoms with van der Waals surface area (Å²) in [5.74, 6) is 0.0599. The van der Waals surface area contributed by atoms with E-state index in [1.54, 1.807) is 41.3 Å². The lowest BCUT2D eigenvalue weighted by Gasteiger charge is -2.17. The van der Waals surface area contributed by atoms with E-state index in [4.69, 9.17) is 0 Å². The van der Waals surface area contributed by atoms with Crippen LogP contribution in [0.4, 0.5) is 11.4 Å². The molecule has 8 heteroatoms. The van der Waals surface area contributed by atoms with Gasteiger partial charge in [-0.1, -0.05) is 22.0 Å². The van der Waals surface area contributed by atoms with Gasteiger partial charge in [-0.05, 0) is 58.7 Å². The molecule has 5 nitrogen and oxygen atoms in total. The average molecular weight is 474 g/mol. The van der Waals surface area contributed by atoms with Crippen molar-refractivity contribution in [2.24, 2.45) is 0 Å². The summed E-state index contributed by atoms with van der Waals surface area (Å²) < 4.78 is 29.0. The van der Waals surface area contributed by atoms with E-state index in [9.17, 15) is 13.2 Å². The maximum absolute atomic E-state index is 12.6. The maximum atomic E-state index is 12.6. The Morgan fingerprint density at radius 1 is 1.08 bits per heavy atom. The highest BCUT2D eigenvalue weighted by Crippen LogP contribution is 2.29. The van der Waals surface area contributed by atoms with Gasteiger partial charge in [0.05, 0.1) is 5.69 Å². The summed E-state index contributed by atoms with van der Waals surface area (Å²) in [5.41, 5.74) is 1.12. The van der Waals surface area contributed by atoms with Gasteiger partial charge in [0.15, 0.2) is 0 Å². The summed E-state index contributed by atoms with van der Waals surface area (Å²) in [4.78, 5) is 13.7. The number of halogens is 2. The first-order chi connectivity index (χ1) is 11.4. The number of amides is 1. The average Bonchev–Trinajstić information content (AvgIpc) is 2.95. The Balaban J connectivity index is 1.90. The fourth-order valence-corrected chi connectivity index (χ4v) is 5.10. The highest BCUT2D eigenvalue weighted by molar-refractivity contribution is 9.11. The molecule has 24 heavy (non-hydrogen) atoms. The van der Waals surface area contributed by atoms with Crippen LogP contribution in [0, 0.1) is 0 Å². The Hall–Kier alpha value is -1.38. The van der Waals surface area contributed by atoms with Crippen molar-refractivity contribution in [1.29, 1.82) is 0 Å². The van der Waals surface area contributed by atoms with Crippen molar-refractivity contribution in [3.05, 3.63) is 51.4 Å². The number of benzene rings is 2. The lowest BCUT2D eigenvalue weighted by atomic mass is 10.2. The topological polar surface area (TPSA) is 66.5 Å². The first-order valence-electron chi connectivity index (χ1n) is 7.25. The van der Waals surface area contributed by atoms with Crippen molar-refractivity contribution in [2.75, 3.05) is 16.2 Å². The van der Waals surface area contributed by atoms with Gasteiger partial charge in [0.1, 0.15) is 4.90 Å². The molecular weight excluding hydrogens is 460 g/mol. The van der Waals surface area contributed by atoms with Crippen LogP contribution in [0.25, 0.3) is 0 Å². The quantitative estimate of drug-likeness (QED) is 0.725. The van der Waals surface area contributed by atoms with Gasteiger partial charge in [0, 0.05) is 27.6 Å². The normalized spacial score (nSPS) is 14.9. The van der Waals surface area contributed by atoms with Crippen molar-refractivity contribution in [3.8, 4) is 0 Å². The van der Waals surface area contributed by atoms with E-state index in [2.05, 4.69) is 36.6 Å². The molecule has 1 aliphatic rings. The van der Waals surface area contributed by atoms with Gasteiger partial charge in [0.25, 0.3) is 10.0 Å². The summed E-state index contributed by atoms with van der Waals surface area (Å²) >= 11 is 6.54. The van der Waals surface area contributed by atoms with E-state index in [-0.39, 0.29) is 10.8 Å². The number of nitrogens with zero attached hydrogens (tertiary/aromatic N) is 1. The van der Waals surface area contributed by atoms with Gasteiger partial charge >= 0.3 is 0 Å². The number of anilines is 2. The van der Waals surface area contributed by atoms with Crippen molar-refractivity contribution < 1.29 is 13.2 Å². The molecule has 0 unspecified atom stereocenters. The molecule has 0 aliphatic carbocycles. The molecular formula is C16H14Br2N2O3S. The van der Waals surface area contributed by atoms with Gasteiger partial charge in [-0.15, -0.1) is 0 Å². The molecule has 2 aromatic rings. The Labute approximate surface area is 157 Å². The molecule has 126 valence electrons. The Morgan fingerprint density at radius 2 is 1.88 bits per heavy atom. The van der Waals surface area contributed by atoms with Crippen molar-refractivity contribution in [3.63, 3.8) is 0 Å². The molecule has 0 aromatic heterocycles. The van der Waals surface area contributed by atoms with Crippen LogP contribution in [0.5, 0.6) is 0 Å². The molecule has 1 saturated heterocycles. The second-order valence-corrected chi connectivity index (χ2v) is 8.80. The van der Waals surface area contributed by atoms with Crippen molar-refractivity contribution in [1.82, 2.24) is 0 Å². The van der Waals surface area contributed by atoms with Crippen LogP contribution < -0.4 is 9.62 Å². The van der Waals surface area contributed by atoms with Crippen molar-refractivity contribution in [2.45, 2.75) is 17.7 Å². The zero-order valence-electron chi connectivity index (χ0n) is 12.5. The van der Waals surface area contributed by atoms with Crippen LogP contribution in [0.2, 0.25) is 0 Å². The zero-order valence-corrected chi connectivity index (χ0v) is 16.5. The first kappa shape index (κ1) is 17.4. The minimum absolute atomic E-state index is 0.0599. The van der Waals surface area contributed by atoms with Gasteiger partial charge in [-0.2, -0.15) is 0 Å². The lowest BCUT2D eigenvalue weighted by molar-refractivity contribution is -0.117. The molecule has 3 rings (SSSR count). The molecule has 1 aliphatic heterocycles. The smallest absolute Gasteiger partial charge is 0.263 e. The first-order valence-corrected chi connectivity index (χ1v) is 10.3. The van der Waals surface area contributed by atoms with E-state index in [1.165, 1.54) is 6.07 Å². The molecule has 1 N–H and O–H groups in total. The summed E-state index contributed by atoms with van der Waals surface area (Å²) in [5, 5.41) is 0. The van der Waals surface area contributed by atoms with Crippen molar-refractivity contribution >= 4 is 59.2 Å². The summed E-state index contributed by atoms with van der Waals surface area (Å²) in [6.45, 7) is 0.659. The summed E-state index contributed by atoms with van der Waals surface area (Å²) in [7, 11) is -3.75. The minimum atomic E-state index is -3.75. The maximum Gasteiger partial charge on any atom is 0.263 e. The molecule has 0 radical (unpaired) electrons. The van der Waals surface area contributed by atoms with Crippen LogP contribution in [0.1, 0.15) is 12.8 Å². The fraction of sp³-hybridized carbons (Fsp3) is 0.188. The Kier molecular flexibility index (Phi) is 4.98. The molecule has 1 heterocycles. The predicted octanol–water partition coefficient (Wildman–Crippen LogP) is 4.14. The summed E-state index contributed by atoms with van der Waals surface area (Å²) in [6.07, 6.45) is 1.35. The van der Waals surface area contributed by atoms with Crippen LogP contribution in [0.3, 0.4) is 0 Å². The Bertz CT molecular complexity index is 900. The van der Waals surface area contributed by atoms with Gasteiger partial charge in [-0.3, -0.25) is 9.52 Å². The summed E-state index contributed by atoms with van der Waals surface area (Å²) in [6, 6.07) is 11.8. The number of rotatable bonds is 4. The molecule has 1 amide bonds. The molecule has 0 saturated carbocycles. The molecule has 0 bridgehead atoms. The Morgan fingerprint density at radius 3 is 2.58 bits per heavy atom. The van der Waals surface area contributed by atoms with Crippen LogP contribution in [-0.4, -0.2) is 20.9 Å². The molecule has 1 fully saturated rings. The third kappa shape index (κ3) is 3.65. The second-order valence-electron chi connectivity index (χ2n) is 5.38. The molecule has 2 aromatic carbocycles. The van der Waals surface area contributed by atoms with E-state index >= 15 is 0 Å². The van der Waals surface area contributed by atoms with E-state index in [0.29, 0.717) is 33.3 Å². The van der Waals surface area contributed by atoms with Crippen LogP contribution in [-0.2, 0) is 14.8 Å². The number of hydrogen-bond acceptors (Lipinski definition) is 3. The predicted molar refractivity (Wildman–Crippen MR) is 101 cm³/mol. The monoisotopic (exact) mass is 472 g/mol. The highest BCUT2D eigenvalue weighted by atomic mass is 79.9. The molecule has 0 spiro atoms. The largest absolute Gasteiger partial charge is 0.312 e. The highest BCUT2D eigenvalue weighted by Gasteiger charge is 2.23. The minimum Gasteiger partial charge on any atom is -0.312 e. The fourth-order valence-electron chi connectivity index (χ4n) is 2.55. The SMILES string of the molecule is O=C1CCCN1c1cccc(NS(=O)(=O)c2cc(Br)ccc2Br)c1. The van der Waals surface area contributed by atoms with Gasteiger partial charge < -0.3 is 4.90 Å². The number of carbonyl (C=O) groups is 1. The van der Waals surface area contributed by atoms with E-state index in [0.717, 1.165) is 6.42 Å². The van der Waals surface area contributed by atoms with E-state index < -0.39 is 10.0 Å². The standard InChI is InChI=1S/C16H14Br2N2O3S/c17-11-6-7-14(18)15(9-11)24(22,23)19-12-3-1-4-13(10-12)20-8-2-5-16(20)21/h1,3-4,6-7,9-10,19H,2,5,8H2. The lowest BCUT2D eigenvalue weighted by Crippen LogP contribution is -2.23. The van der Waals surface area contributed by atoms with Crippen LogP contribution >= 0.6 is 31.9 Å². The number of carbonyl (C=O) groups excluding carboxylic acids is 1. The number of hydrogen-bond donors (Lipinski definition) is 1.